The fraction of sp³-hybridized carbons (Fsp3) is 0.923. The summed E-state index contributed by atoms with van der Waals surface area (Å²) < 4.78 is 0. The van der Waals surface area contributed by atoms with Crippen LogP contribution in [-0.4, -0.2) is 5.78 Å². The van der Waals surface area contributed by atoms with Crippen molar-refractivity contribution in [2.75, 3.05) is 0 Å². The second-order valence-corrected chi connectivity index (χ2v) is 5.49. The second-order valence-electron chi connectivity index (χ2n) is 5.49. The zero-order valence-electron chi connectivity index (χ0n) is 10.1. The molecule has 1 fully saturated rings. The number of rotatable bonds is 2. The van der Waals surface area contributed by atoms with Gasteiger partial charge in [0.05, 0.1) is 0 Å². The minimum atomic E-state index is 0.285. The molecule has 14 heavy (non-hydrogen) atoms. The van der Waals surface area contributed by atoms with Crippen LogP contribution >= 0.6 is 0 Å². The Morgan fingerprint density at radius 2 is 2.07 bits per heavy atom. The van der Waals surface area contributed by atoms with Crippen molar-refractivity contribution in [3.8, 4) is 0 Å². The Hall–Kier alpha value is -0.330. The molecule has 1 aliphatic carbocycles. The Morgan fingerprint density at radius 1 is 1.43 bits per heavy atom. The predicted octanol–water partition coefficient (Wildman–Crippen LogP) is 3.82. The Labute approximate surface area is 88.3 Å². The van der Waals surface area contributed by atoms with Gasteiger partial charge in [0.25, 0.3) is 0 Å². The lowest BCUT2D eigenvalue weighted by Gasteiger charge is -2.35. The quantitative estimate of drug-likeness (QED) is 0.614. The molecule has 1 heteroatoms. The van der Waals surface area contributed by atoms with E-state index in [0.29, 0.717) is 17.1 Å². The number of carbonyl (C=O) groups excluding carboxylic acids is 1. The number of carbonyl (C=O) groups is 1. The molecule has 1 nitrogen and oxygen atoms in total. The average Bonchev–Trinajstić information content (AvgIpc) is 2.19. The van der Waals surface area contributed by atoms with Gasteiger partial charge >= 0.3 is 0 Å². The predicted molar refractivity (Wildman–Crippen MR) is 60.2 cm³/mol. The van der Waals surface area contributed by atoms with Crippen LogP contribution in [0.3, 0.4) is 0 Å². The van der Waals surface area contributed by atoms with Crippen LogP contribution in [0.2, 0.25) is 0 Å². The van der Waals surface area contributed by atoms with Crippen LogP contribution in [-0.2, 0) is 4.79 Å². The average molecular weight is 196 g/mol. The summed E-state index contributed by atoms with van der Waals surface area (Å²) in [5.41, 5.74) is 0.363. The molecule has 2 atom stereocenters. The van der Waals surface area contributed by atoms with Gasteiger partial charge in [0.2, 0.25) is 0 Å². The van der Waals surface area contributed by atoms with Gasteiger partial charge in [0.1, 0.15) is 5.78 Å². The van der Waals surface area contributed by atoms with Gasteiger partial charge in [-0.2, -0.15) is 0 Å². The molecule has 0 bridgehead atoms. The number of ketones is 1. The highest BCUT2D eigenvalue weighted by atomic mass is 16.1. The van der Waals surface area contributed by atoms with Gasteiger partial charge in [0.15, 0.2) is 0 Å². The van der Waals surface area contributed by atoms with Crippen molar-refractivity contribution in [3.63, 3.8) is 0 Å². The van der Waals surface area contributed by atoms with E-state index in [-0.39, 0.29) is 5.92 Å². The van der Waals surface area contributed by atoms with Crippen LogP contribution in [0, 0.1) is 17.3 Å². The molecule has 0 spiro atoms. The third-order valence-electron chi connectivity index (χ3n) is 3.96. The van der Waals surface area contributed by atoms with E-state index in [1.54, 1.807) is 0 Å². The topological polar surface area (TPSA) is 17.1 Å². The highest BCUT2D eigenvalue weighted by Gasteiger charge is 2.37. The van der Waals surface area contributed by atoms with E-state index in [2.05, 4.69) is 27.7 Å². The fourth-order valence-corrected chi connectivity index (χ4v) is 2.98. The summed E-state index contributed by atoms with van der Waals surface area (Å²) in [6.45, 7) is 9.03. The van der Waals surface area contributed by atoms with E-state index in [1.807, 2.05) is 0 Å². The van der Waals surface area contributed by atoms with Gasteiger partial charge in [-0.05, 0) is 30.6 Å². The van der Waals surface area contributed by atoms with Gasteiger partial charge < -0.3 is 0 Å². The van der Waals surface area contributed by atoms with Gasteiger partial charge in [0, 0.05) is 12.3 Å². The summed E-state index contributed by atoms with van der Waals surface area (Å²) in [4.78, 5) is 11.8. The molecule has 1 rings (SSSR count). The normalized spacial score (nSPS) is 32.7. The van der Waals surface area contributed by atoms with Crippen molar-refractivity contribution in [1.82, 2.24) is 0 Å². The molecule has 0 heterocycles. The first-order valence-electron chi connectivity index (χ1n) is 6.01. The first-order chi connectivity index (χ1) is 6.49. The van der Waals surface area contributed by atoms with E-state index in [9.17, 15) is 4.79 Å². The van der Waals surface area contributed by atoms with Crippen LogP contribution in [0.15, 0.2) is 0 Å². The van der Waals surface area contributed by atoms with Gasteiger partial charge in [-0.3, -0.25) is 4.79 Å². The third kappa shape index (κ3) is 2.37. The van der Waals surface area contributed by atoms with E-state index < -0.39 is 0 Å². The second kappa shape index (κ2) is 4.46. The van der Waals surface area contributed by atoms with E-state index in [0.717, 1.165) is 12.8 Å². The molecular formula is C13H24O. The molecule has 82 valence electrons. The first kappa shape index (κ1) is 11.7. The fourth-order valence-electron chi connectivity index (χ4n) is 2.98. The standard InChI is InChI=1S/C13H24O/c1-5-7-11-10(2)12(14)8-6-9-13(11,3)4/h10-11H,5-9H2,1-4H3. The molecule has 0 radical (unpaired) electrons. The number of Topliss-reactive ketones (excluding diaryl/α,β-unsaturated/α-hetero) is 1. The molecule has 0 amide bonds. The van der Waals surface area contributed by atoms with Crippen molar-refractivity contribution in [2.24, 2.45) is 17.3 Å². The Balaban J connectivity index is 2.83. The maximum Gasteiger partial charge on any atom is 0.135 e. The van der Waals surface area contributed by atoms with Gasteiger partial charge in [-0.1, -0.05) is 34.1 Å². The van der Waals surface area contributed by atoms with Crippen LogP contribution in [0.25, 0.3) is 0 Å². The first-order valence-corrected chi connectivity index (χ1v) is 6.01. The molecule has 0 aliphatic heterocycles. The lowest BCUT2D eigenvalue weighted by Crippen LogP contribution is -2.30. The summed E-state index contributed by atoms with van der Waals surface area (Å²) in [5, 5.41) is 0. The van der Waals surface area contributed by atoms with Crippen LogP contribution < -0.4 is 0 Å². The molecule has 1 saturated carbocycles. The lowest BCUT2D eigenvalue weighted by atomic mass is 9.69. The highest BCUT2D eigenvalue weighted by molar-refractivity contribution is 5.81. The highest BCUT2D eigenvalue weighted by Crippen LogP contribution is 2.43. The van der Waals surface area contributed by atoms with Crippen LogP contribution in [0.4, 0.5) is 0 Å². The summed E-state index contributed by atoms with van der Waals surface area (Å²) in [5.74, 6) is 1.38. The van der Waals surface area contributed by atoms with Crippen LogP contribution in [0.5, 0.6) is 0 Å². The van der Waals surface area contributed by atoms with Crippen molar-refractivity contribution < 1.29 is 4.79 Å². The lowest BCUT2D eigenvalue weighted by molar-refractivity contribution is -0.124. The molecule has 2 unspecified atom stereocenters. The monoisotopic (exact) mass is 196 g/mol. The third-order valence-corrected chi connectivity index (χ3v) is 3.96. The van der Waals surface area contributed by atoms with Crippen molar-refractivity contribution in [2.45, 2.75) is 59.8 Å². The molecule has 0 N–H and O–H groups in total. The van der Waals surface area contributed by atoms with Crippen LogP contribution in [0.1, 0.15) is 59.8 Å². The van der Waals surface area contributed by atoms with Crippen molar-refractivity contribution in [1.29, 1.82) is 0 Å². The maximum atomic E-state index is 11.8. The zero-order valence-corrected chi connectivity index (χ0v) is 10.1. The molecule has 0 saturated heterocycles. The Bertz CT molecular complexity index is 205. The van der Waals surface area contributed by atoms with Gasteiger partial charge in [-0.15, -0.1) is 0 Å². The minimum Gasteiger partial charge on any atom is -0.299 e. The Kier molecular flexibility index (Phi) is 3.74. The molecule has 0 aromatic carbocycles. The van der Waals surface area contributed by atoms with E-state index in [4.69, 9.17) is 0 Å². The number of hydrogen-bond donors (Lipinski definition) is 0. The SMILES string of the molecule is CCCC1C(C)C(=O)CCCC1(C)C. The zero-order chi connectivity index (χ0) is 10.8. The summed E-state index contributed by atoms with van der Waals surface area (Å²) in [6, 6.07) is 0. The summed E-state index contributed by atoms with van der Waals surface area (Å²) in [7, 11) is 0. The van der Waals surface area contributed by atoms with Gasteiger partial charge in [-0.25, -0.2) is 0 Å². The largest absolute Gasteiger partial charge is 0.299 e. The molecular weight excluding hydrogens is 172 g/mol. The van der Waals surface area contributed by atoms with Crippen molar-refractivity contribution >= 4 is 5.78 Å². The smallest absolute Gasteiger partial charge is 0.135 e. The maximum absolute atomic E-state index is 11.8. The molecule has 1 aliphatic rings. The van der Waals surface area contributed by atoms with Crippen molar-refractivity contribution in [3.05, 3.63) is 0 Å². The summed E-state index contributed by atoms with van der Waals surface area (Å²) >= 11 is 0. The van der Waals surface area contributed by atoms with E-state index in [1.165, 1.54) is 19.3 Å². The molecule has 0 aromatic rings. The van der Waals surface area contributed by atoms with E-state index >= 15 is 0 Å². The molecule has 0 aromatic heterocycles. The Morgan fingerprint density at radius 3 is 2.64 bits per heavy atom. The summed E-state index contributed by atoms with van der Waals surface area (Å²) in [6.07, 6.45) is 5.53. The minimum absolute atomic E-state index is 0.285. The number of hydrogen-bond acceptors (Lipinski definition) is 1.